The molecule has 4 N–H and O–H groups in total. The Labute approximate surface area is 148 Å². The first-order valence-corrected chi connectivity index (χ1v) is 7.80. The van der Waals surface area contributed by atoms with Crippen molar-refractivity contribution in [1.29, 1.82) is 0 Å². The van der Waals surface area contributed by atoms with E-state index in [1.165, 1.54) is 0 Å². The Morgan fingerprint density at radius 3 is 1.71 bits per heavy atom. The predicted octanol–water partition coefficient (Wildman–Crippen LogP) is 4.27. The van der Waals surface area contributed by atoms with Crippen molar-refractivity contribution in [2.24, 2.45) is 0 Å². The summed E-state index contributed by atoms with van der Waals surface area (Å²) >= 11 is 11.9. The van der Waals surface area contributed by atoms with E-state index in [1.807, 2.05) is 0 Å². The molecule has 0 radical (unpaired) electrons. The van der Waals surface area contributed by atoms with Crippen LogP contribution >= 0.6 is 23.2 Å². The van der Waals surface area contributed by atoms with E-state index in [2.05, 4.69) is 9.97 Å². The van der Waals surface area contributed by atoms with E-state index in [1.54, 1.807) is 48.5 Å². The van der Waals surface area contributed by atoms with Crippen molar-refractivity contribution in [2.45, 2.75) is 5.92 Å². The van der Waals surface area contributed by atoms with Gasteiger partial charge in [-0.05, 0) is 35.4 Å². The summed E-state index contributed by atoms with van der Waals surface area (Å²) in [5, 5.41) is 1.16. The Morgan fingerprint density at radius 1 is 0.792 bits per heavy atom. The van der Waals surface area contributed by atoms with Gasteiger partial charge >= 0.3 is 0 Å². The SMILES string of the molecule is Nc1nc(N)c(F)c(C(c2ccc(Cl)cc2)c2ccc(Cl)cc2)n1. The van der Waals surface area contributed by atoms with Crippen molar-refractivity contribution < 1.29 is 4.39 Å². The van der Waals surface area contributed by atoms with E-state index in [9.17, 15) is 4.39 Å². The molecule has 0 bridgehead atoms. The summed E-state index contributed by atoms with van der Waals surface area (Å²) < 4.78 is 14.6. The summed E-state index contributed by atoms with van der Waals surface area (Å²) in [5.74, 6) is -1.59. The van der Waals surface area contributed by atoms with Crippen LogP contribution in [0.3, 0.4) is 0 Å². The highest BCUT2D eigenvalue weighted by atomic mass is 35.5. The maximum absolute atomic E-state index is 14.6. The maximum Gasteiger partial charge on any atom is 0.222 e. The minimum absolute atomic E-state index is 0.0863. The molecule has 0 amide bonds. The molecule has 0 fully saturated rings. The fourth-order valence-corrected chi connectivity index (χ4v) is 2.76. The van der Waals surface area contributed by atoms with E-state index in [0.717, 1.165) is 11.1 Å². The van der Waals surface area contributed by atoms with Crippen LogP contribution in [-0.2, 0) is 0 Å². The van der Waals surface area contributed by atoms with Gasteiger partial charge in [-0.1, -0.05) is 47.5 Å². The van der Waals surface area contributed by atoms with E-state index in [-0.39, 0.29) is 17.5 Å². The molecule has 4 nitrogen and oxygen atoms in total. The van der Waals surface area contributed by atoms with Gasteiger partial charge in [0.15, 0.2) is 11.6 Å². The van der Waals surface area contributed by atoms with Crippen molar-refractivity contribution >= 4 is 35.0 Å². The molecule has 3 aromatic rings. The van der Waals surface area contributed by atoms with Crippen molar-refractivity contribution in [3.8, 4) is 0 Å². The van der Waals surface area contributed by atoms with Crippen LogP contribution in [0.2, 0.25) is 10.0 Å². The Bertz CT molecular complexity index is 822. The molecule has 2 aromatic carbocycles. The van der Waals surface area contributed by atoms with Crippen LogP contribution in [0, 0.1) is 5.82 Å². The molecule has 0 aliphatic heterocycles. The summed E-state index contributed by atoms with van der Waals surface area (Å²) in [5.41, 5.74) is 13.0. The molecule has 0 aliphatic rings. The fourth-order valence-electron chi connectivity index (χ4n) is 2.51. The van der Waals surface area contributed by atoms with Crippen molar-refractivity contribution in [3.05, 3.63) is 81.2 Å². The average Bonchev–Trinajstić information content (AvgIpc) is 2.55. The third-order valence-corrected chi connectivity index (χ3v) is 4.10. The quantitative estimate of drug-likeness (QED) is 0.729. The van der Waals surface area contributed by atoms with Gasteiger partial charge in [-0.15, -0.1) is 0 Å². The lowest BCUT2D eigenvalue weighted by molar-refractivity contribution is 0.594. The van der Waals surface area contributed by atoms with Gasteiger partial charge in [0, 0.05) is 10.0 Å². The standard InChI is InChI=1S/C17H13Cl2FN4/c18-11-5-1-9(2-6-11)13(10-3-7-12(19)8-4-10)15-14(20)16(21)24-17(22)23-15/h1-8,13H,(H4,21,22,23,24). The first kappa shape index (κ1) is 16.5. The van der Waals surface area contributed by atoms with Gasteiger partial charge in [-0.3, -0.25) is 0 Å². The summed E-state index contributed by atoms with van der Waals surface area (Å²) in [6, 6.07) is 14.1. The minimum atomic E-state index is -0.695. The molecule has 122 valence electrons. The van der Waals surface area contributed by atoms with Crippen LogP contribution in [0.15, 0.2) is 48.5 Å². The third-order valence-electron chi connectivity index (χ3n) is 3.60. The molecule has 0 atom stereocenters. The second-order valence-electron chi connectivity index (χ2n) is 5.20. The minimum Gasteiger partial charge on any atom is -0.381 e. The first-order valence-electron chi connectivity index (χ1n) is 7.05. The van der Waals surface area contributed by atoms with E-state index in [0.29, 0.717) is 10.0 Å². The topological polar surface area (TPSA) is 77.8 Å². The Kier molecular flexibility index (Phi) is 4.55. The largest absolute Gasteiger partial charge is 0.381 e. The second kappa shape index (κ2) is 6.63. The highest BCUT2D eigenvalue weighted by Crippen LogP contribution is 2.34. The number of hydrogen-bond acceptors (Lipinski definition) is 4. The van der Waals surface area contributed by atoms with Crippen LogP contribution in [0.4, 0.5) is 16.2 Å². The van der Waals surface area contributed by atoms with Crippen LogP contribution < -0.4 is 11.5 Å². The first-order chi connectivity index (χ1) is 11.5. The molecule has 0 saturated heterocycles. The van der Waals surface area contributed by atoms with Gasteiger partial charge in [0.05, 0.1) is 11.6 Å². The molecular weight excluding hydrogens is 350 g/mol. The lowest BCUT2D eigenvalue weighted by Crippen LogP contribution is -2.13. The van der Waals surface area contributed by atoms with Gasteiger partial charge < -0.3 is 11.5 Å². The number of halogens is 3. The zero-order chi connectivity index (χ0) is 17.3. The average molecular weight is 363 g/mol. The maximum atomic E-state index is 14.6. The number of benzene rings is 2. The number of nitrogens with two attached hydrogens (primary N) is 2. The third kappa shape index (κ3) is 3.27. The highest BCUT2D eigenvalue weighted by Gasteiger charge is 2.24. The molecule has 1 heterocycles. The Balaban J connectivity index is 2.22. The van der Waals surface area contributed by atoms with E-state index < -0.39 is 11.7 Å². The van der Waals surface area contributed by atoms with Gasteiger partial charge in [0.25, 0.3) is 0 Å². The number of nitrogens with zero attached hydrogens (tertiary/aromatic N) is 2. The lowest BCUT2D eigenvalue weighted by Gasteiger charge is -2.19. The van der Waals surface area contributed by atoms with Gasteiger partial charge in [-0.25, -0.2) is 9.37 Å². The van der Waals surface area contributed by atoms with Crippen LogP contribution in [0.1, 0.15) is 22.7 Å². The van der Waals surface area contributed by atoms with E-state index >= 15 is 0 Å². The molecule has 1 aromatic heterocycles. The number of rotatable bonds is 3. The summed E-state index contributed by atoms with van der Waals surface area (Å²) in [4.78, 5) is 7.74. The molecule has 0 spiro atoms. The molecule has 0 unspecified atom stereocenters. The number of aromatic nitrogens is 2. The van der Waals surface area contributed by atoms with Gasteiger partial charge in [-0.2, -0.15) is 4.98 Å². The normalized spacial score (nSPS) is 11.0. The number of anilines is 2. The lowest BCUT2D eigenvalue weighted by atomic mass is 9.88. The smallest absolute Gasteiger partial charge is 0.222 e. The van der Waals surface area contributed by atoms with E-state index in [4.69, 9.17) is 34.7 Å². The molecule has 0 aliphatic carbocycles. The molecule has 24 heavy (non-hydrogen) atoms. The Hall–Kier alpha value is -2.37. The van der Waals surface area contributed by atoms with Crippen molar-refractivity contribution in [2.75, 3.05) is 11.5 Å². The van der Waals surface area contributed by atoms with Gasteiger partial charge in [0.2, 0.25) is 5.95 Å². The van der Waals surface area contributed by atoms with Crippen LogP contribution in [0.25, 0.3) is 0 Å². The summed E-state index contributed by atoms with van der Waals surface area (Å²) in [6.07, 6.45) is 0. The van der Waals surface area contributed by atoms with Crippen LogP contribution in [0.5, 0.6) is 0 Å². The fraction of sp³-hybridized carbons (Fsp3) is 0.0588. The predicted molar refractivity (Wildman–Crippen MR) is 94.7 cm³/mol. The summed E-state index contributed by atoms with van der Waals surface area (Å²) in [6.45, 7) is 0. The highest BCUT2D eigenvalue weighted by molar-refractivity contribution is 6.30. The number of hydrogen-bond donors (Lipinski definition) is 2. The molecule has 3 rings (SSSR count). The molecule has 0 saturated carbocycles. The zero-order valence-electron chi connectivity index (χ0n) is 12.4. The van der Waals surface area contributed by atoms with Crippen molar-refractivity contribution in [1.82, 2.24) is 9.97 Å². The van der Waals surface area contributed by atoms with Gasteiger partial charge in [0.1, 0.15) is 0 Å². The second-order valence-corrected chi connectivity index (χ2v) is 6.08. The number of nitrogen functional groups attached to an aromatic ring is 2. The summed E-state index contributed by atoms with van der Waals surface area (Å²) in [7, 11) is 0. The zero-order valence-corrected chi connectivity index (χ0v) is 13.9. The molecular formula is C17H13Cl2FN4. The monoisotopic (exact) mass is 362 g/mol. The Morgan fingerprint density at radius 2 is 1.25 bits per heavy atom. The van der Waals surface area contributed by atoms with Crippen LogP contribution in [-0.4, -0.2) is 9.97 Å². The molecule has 7 heteroatoms. The van der Waals surface area contributed by atoms with Crippen molar-refractivity contribution in [3.63, 3.8) is 0 Å².